The molecule has 30 heavy (non-hydrogen) atoms. The van der Waals surface area contributed by atoms with Crippen molar-refractivity contribution in [1.29, 1.82) is 0 Å². The zero-order valence-corrected chi connectivity index (χ0v) is 19.4. The Morgan fingerprint density at radius 3 is 1.87 bits per heavy atom. The van der Waals surface area contributed by atoms with E-state index in [4.69, 9.17) is 9.47 Å². The smallest absolute Gasteiger partial charge is 0.114 e. The number of hydrogen-bond donors (Lipinski definition) is 3. The van der Waals surface area contributed by atoms with Crippen LogP contribution in [0.1, 0.15) is 103 Å². The minimum Gasteiger partial charge on any atom is -0.394 e. The van der Waals surface area contributed by atoms with E-state index in [1.807, 2.05) is 0 Å². The summed E-state index contributed by atoms with van der Waals surface area (Å²) < 4.78 is 11.0. The van der Waals surface area contributed by atoms with Crippen molar-refractivity contribution in [1.82, 2.24) is 0 Å². The van der Waals surface area contributed by atoms with Crippen molar-refractivity contribution in [2.45, 2.75) is 128 Å². The highest BCUT2D eigenvalue weighted by Crippen LogP contribution is 2.20. The van der Waals surface area contributed by atoms with Crippen LogP contribution in [0.5, 0.6) is 0 Å². The molecule has 1 aliphatic heterocycles. The summed E-state index contributed by atoms with van der Waals surface area (Å²) in [5.74, 6) is 0. The zero-order valence-electron chi connectivity index (χ0n) is 19.4. The fourth-order valence-electron chi connectivity index (χ4n) is 3.97. The van der Waals surface area contributed by atoms with Crippen molar-refractivity contribution in [3.8, 4) is 0 Å². The van der Waals surface area contributed by atoms with E-state index >= 15 is 0 Å². The fraction of sp³-hybridized carbons (Fsp3) is 0.920. The van der Waals surface area contributed by atoms with Crippen molar-refractivity contribution in [2.75, 3.05) is 19.8 Å². The third-order valence-corrected chi connectivity index (χ3v) is 5.97. The molecule has 0 aromatic carbocycles. The van der Waals surface area contributed by atoms with E-state index < -0.39 is 24.4 Å². The SMILES string of the molecule is CCCCCCCCC/C=C/CCCCCCCCO[C@@H](CO)[C@@H]1OC[C@@H](O)[C@@H]1O. The van der Waals surface area contributed by atoms with E-state index in [9.17, 15) is 15.3 Å². The predicted octanol–water partition coefficient (Wildman–Crippen LogP) is 4.91. The first kappa shape index (κ1) is 27.6. The van der Waals surface area contributed by atoms with E-state index in [-0.39, 0.29) is 13.2 Å². The number of hydrogen-bond acceptors (Lipinski definition) is 5. The summed E-state index contributed by atoms with van der Waals surface area (Å²) in [5, 5.41) is 28.8. The van der Waals surface area contributed by atoms with Gasteiger partial charge in [0.2, 0.25) is 0 Å². The maximum absolute atomic E-state index is 9.84. The second kappa shape index (κ2) is 19.2. The van der Waals surface area contributed by atoms with Gasteiger partial charge in [0.1, 0.15) is 24.4 Å². The van der Waals surface area contributed by atoms with Gasteiger partial charge in [-0.1, -0.05) is 83.3 Å². The second-order valence-corrected chi connectivity index (χ2v) is 8.74. The van der Waals surface area contributed by atoms with Crippen LogP contribution < -0.4 is 0 Å². The molecule has 3 N–H and O–H groups in total. The summed E-state index contributed by atoms with van der Waals surface area (Å²) in [5.41, 5.74) is 0. The molecule has 1 aliphatic rings. The highest BCUT2D eigenvalue weighted by molar-refractivity contribution is 4.88. The van der Waals surface area contributed by atoms with Crippen molar-refractivity contribution >= 4 is 0 Å². The quantitative estimate of drug-likeness (QED) is 0.190. The van der Waals surface area contributed by atoms with Crippen LogP contribution >= 0.6 is 0 Å². The molecule has 5 nitrogen and oxygen atoms in total. The molecule has 0 radical (unpaired) electrons. The van der Waals surface area contributed by atoms with Gasteiger partial charge in [0.05, 0.1) is 13.2 Å². The maximum atomic E-state index is 9.84. The topological polar surface area (TPSA) is 79.2 Å². The van der Waals surface area contributed by atoms with E-state index in [0.29, 0.717) is 6.61 Å². The Balaban J connectivity index is 1.84. The normalized spacial score (nSPS) is 22.9. The molecule has 0 aromatic heterocycles. The zero-order chi connectivity index (χ0) is 21.9. The Hall–Kier alpha value is -0.460. The Kier molecular flexibility index (Phi) is 17.7. The Morgan fingerprint density at radius 2 is 1.37 bits per heavy atom. The van der Waals surface area contributed by atoms with E-state index in [2.05, 4.69) is 19.1 Å². The number of aliphatic hydroxyl groups excluding tert-OH is 3. The van der Waals surface area contributed by atoms with E-state index in [1.54, 1.807) is 0 Å². The Bertz CT molecular complexity index is 401. The van der Waals surface area contributed by atoms with Gasteiger partial charge in [0.25, 0.3) is 0 Å². The molecule has 0 saturated carbocycles. The van der Waals surface area contributed by atoms with E-state index in [0.717, 1.165) is 12.8 Å². The average Bonchev–Trinajstić information content (AvgIpc) is 3.08. The molecule has 0 amide bonds. The average molecular weight is 429 g/mol. The largest absolute Gasteiger partial charge is 0.394 e. The Labute approximate surface area is 184 Å². The number of aliphatic hydroxyl groups is 3. The molecule has 178 valence electrons. The molecule has 4 atom stereocenters. The molecule has 1 fully saturated rings. The number of allylic oxidation sites excluding steroid dienone is 2. The van der Waals surface area contributed by atoms with Crippen LogP contribution in [0.3, 0.4) is 0 Å². The van der Waals surface area contributed by atoms with Crippen molar-refractivity contribution < 1.29 is 24.8 Å². The first-order valence-electron chi connectivity index (χ1n) is 12.6. The summed E-state index contributed by atoms with van der Waals surface area (Å²) >= 11 is 0. The third-order valence-electron chi connectivity index (χ3n) is 5.97. The molecule has 1 rings (SSSR count). The molecule has 0 aromatic rings. The summed E-state index contributed by atoms with van der Waals surface area (Å²) in [7, 11) is 0. The van der Waals surface area contributed by atoms with Crippen LogP contribution in [0, 0.1) is 0 Å². The monoisotopic (exact) mass is 428 g/mol. The lowest BCUT2D eigenvalue weighted by Crippen LogP contribution is -2.42. The van der Waals surface area contributed by atoms with Gasteiger partial charge in [0, 0.05) is 6.61 Å². The van der Waals surface area contributed by atoms with Gasteiger partial charge in [-0.05, 0) is 32.1 Å². The molecule has 5 heteroatoms. The minimum atomic E-state index is -0.980. The molecule has 0 unspecified atom stereocenters. The minimum absolute atomic E-state index is 0.0972. The maximum Gasteiger partial charge on any atom is 0.114 e. The van der Waals surface area contributed by atoms with Gasteiger partial charge in [-0.15, -0.1) is 0 Å². The molecular formula is C25H48O5. The van der Waals surface area contributed by atoms with Gasteiger partial charge >= 0.3 is 0 Å². The molecule has 1 saturated heterocycles. The molecular weight excluding hydrogens is 380 g/mol. The van der Waals surface area contributed by atoms with Crippen LogP contribution in [0.4, 0.5) is 0 Å². The van der Waals surface area contributed by atoms with Crippen LogP contribution in [-0.4, -0.2) is 59.6 Å². The third kappa shape index (κ3) is 13.1. The summed E-state index contributed by atoms with van der Waals surface area (Å²) in [6, 6.07) is 0. The summed E-state index contributed by atoms with van der Waals surface area (Å²) in [4.78, 5) is 0. The second-order valence-electron chi connectivity index (χ2n) is 8.74. The first-order valence-corrected chi connectivity index (χ1v) is 12.6. The van der Waals surface area contributed by atoms with Crippen LogP contribution in [0.25, 0.3) is 0 Å². The molecule has 0 aliphatic carbocycles. The summed E-state index contributed by atoms with van der Waals surface area (Å²) in [6.45, 7) is 2.71. The lowest BCUT2D eigenvalue weighted by atomic mass is 10.1. The van der Waals surface area contributed by atoms with Gasteiger partial charge in [0.15, 0.2) is 0 Å². The van der Waals surface area contributed by atoms with E-state index in [1.165, 1.54) is 83.5 Å². The van der Waals surface area contributed by atoms with Crippen molar-refractivity contribution in [2.24, 2.45) is 0 Å². The van der Waals surface area contributed by atoms with Crippen LogP contribution in [0.15, 0.2) is 12.2 Å². The highest BCUT2D eigenvalue weighted by atomic mass is 16.6. The number of ether oxygens (including phenoxy) is 2. The van der Waals surface area contributed by atoms with Gasteiger partial charge in [-0.3, -0.25) is 0 Å². The fourth-order valence-corrected chi connectivity index (χ4v) is 3.97. The lowest BCUT2D eigenvalue weighted by Gasteiger charge is -2.24. The first-order chi connectivity index (χ1) is 14.7. The summed E-state index contributed by atoms with van der Waals surface area (Å²) in [6.07, 6.45) is 20.8. The van der Waals surface area contributed by atoms with Gasteiger partial charge in [-0.2, -0.15) is 0 Å². The van der Waals surface area contributed by atoms with Crippen LogP contribution in [0.2, 0.25) is 0 Å². The van der Waals surface area contributed by atoms with Gasteiger partial charge < -0.3 is 24.8 Å². The predicted molar refractivity (Wildman–Crippen MR) is 123 cm³/mol. The Morgan fingerprint density at radius 1 is 0.833 bits per heavy atom. The highest BCUT2D eigenvalue weighted by Gasteiger charge is 2.40. The number of unbranched alkanes of at least 4 members (excludes halogenated alkanes) is 13. The molecule has 1 heterocycles. The standard InChI is InChI=1S/C25H48O5/c1-2-3-4-5-6-7-8-9-10-11-12-13-14-15-16-17-18-19-29-23(20-26)25-24(28)22(27)21-30-25/h10-11,22-28H,2-9,12-21H2,1H3/b11-10+/t22-,23+,24+,25+/m1/s1. The van der Waals surface area contributed by atoms with Crippen molar-refractivity contribution in [3.63, 3.8) is 0 Å². The van der Waals surface area contributed by atoms with Crippen LogP contribution in [-0.2, 0) is 9.47 Å². The molecule has 0 bridgehead atoms. The van der Waals surface area contributed by atoms with Gasteiger partial charge in [-0.25, -0.2) is 0 Å². The number of rotatable bonds is 20. The van der Waals surface area contributed by atoms with Crippen molar-refractivity contribution in [3.05, 3.63) is 12.2 Å². The molecule has 0 spiro atoms. The lowest BCUT2D eigenvalue weighted by molar-refractivity contribution is -0.101.